The number of fused-ring (bicyclic) bond motifs is 4. The maximum atomic E-state index is 13.3. The standard InChI is InChI=1S/C25H20N4O2/c26-24(30)22(13-15-14-27-20-11-5-6-12-21(20)28-15)29-25(31)23-18-9-3-1-7-16(18)17-8-2-4-10-19(17)23/h1-12,14,22-23H,13H2,(H2,26,30)(H,29,31)/t22-/m1/s1. The van der Waals surface area contributed by atoms with Crippen molar-refractivity contribution in [3.63, 3.8) is 0 Å². The second-order valence-electron chi connectivity index (χ2n) is 7.63. The zero-order valence-corrected chi connectivity index (χ0v) is 16.7. The first-order valence-corrected chi connectivity index (χ1v) is 10.1. The van der Waals surface area contributed by atoms with E-state index >= 15 is 0 Å². The van der Waals surface area contributed by atoms with E-state index in [-0.39, 0.29) is 12.3 Å². The van der Waals surface area contributed by atoms with E-state index in [1.807, 2.05) is 72.8 Å². The molecule has 0 spiro atoms. The minimum Gasteiger partial charge on any atom is -0.368 e. The molecule has 5 rings (SSSR count). The van der Waals surface area contributed by atoms with Crippen molar-refractivity contribution >= 4 is 22.8 Å². The van der Waals surface area contributed by atoms with Crippen LogP contribution in [0.15, 0.2) is 79.0 Å². The third kappa shape index (κ3) is 3.42. The van der Waals surface area contributed by atoms with Gasteiger partial charge >= 0.3 is 0 Å². The Kier molecular flexibility index (Phi) is 4.67. The van der Waals surface area contributed by atoms with E-state index in [0.717, 1.165) is 33.3 Å². The molecule has 4 aromatic rings. The number of rotatable bonds is 5. The predicted octanol–water partition coefficient (Wildman–Crippen LogP) is 2.95. The fraction of sp³-hybridized carbons (Fsp3) is 0.120. The minimum absolute atomic E-state index is 0.176. The number of nitrogens with one attached hydrogen (secondary N) is 1. The number of nitrogens with two attached hydrogens (primary N) is 1. The Morgan fingerprint density at radius 1 is 0.871 bits per heavy atom. The van der Waals surface area contributed by atoms with Crippen LogP contribution >= 0.6 is 0 Å². The van der Waals surface area contributed by atoms with Gasteiger partial charge in [0.05, 0.1) is 22.6 Å². The Morgan fingerprint density at radius 2 is 1.45 bits per heavy atom. The highest BCUT2D eigenvalue weighted by atomic mass is 16.2. The van der Waals surface area contributed by atoms with Gasteiger partial charge in [0.25, 0.3) is 0 Å². The molecule has 0 bridgehead atoms. The van der Waals surface area contributed by atoms with Crippen LogP contribution in [0.3, 0.4) is 0 Å². The Bertz CT molecular complexity index is 1270. The van der Waals surface area contributed by atoms with Gasteiger partial charge in [-0.15, -0.1) is 0 Å². The van der Waals surface area contributed by atoms with Crippen molar-refractivity contribution in [2.75, 3.05) is 0 Å². The van der Waals surface area contributed by atoms with Gasteiger partial charge in [-0.25, -0.2) is 4.98 Å². The largest absolute Gasteiger partial charge is 0.368 e. The van der Waals surface area contributed by atoms with Crippen molar-refractivity contribution < 1.29 is 9.59 Å². The summed E-state index contributed by atoms with van der Waals surface area (Å²) in [6.07, 6.45) is 1.79. The number of hydrogen-bond acceptors (Lipinski definition) is 4. The van der Waals surface area contributed by atoms with Crippen molar-refractivity contribution in [2.45, 2.75) is 18.4 Å². The summed E-state index contributed by atoms with van der Waals surface area (Å²) in [5.41, 5.74) is 11.6. The number of para-hydroxylation sites is 2. The third-order valence-electron chi connectivity index (χ3n) is 5.67. The number of hydrogen-bond donors (Lipinski definition) is 2. The lowest BCUT2D eigenvalue weighted by Crippen LogP contribution is -2.47. The molecule has 1 aliphatic carbocycles. The molecular weight excluding hydrogens is 388 g/mol. The van der Waals surface area contributed by atoms with Crippen LogP contribution in [-0.2, 0) is 16.0 Å². The summed E-state index contributed by atoms with van der Waals surface area (Å²) in [5, 5.41) is 2.86. The Labute approximate surface area is 179 Å². The molecule has 3 aromatic carbocycles. The summed E-state index contributed by atoms with van der Waals surface area (Å²) < 4.78 is 0. The fourth-order valence-corrected chi connectivity index (χ4v) is 4.22. The average molecular weight is 408 g/mol. The number of carbonyl (C=O) groups is 2. The summed E-state index contributed by atoms with van der Waals surface area (Å²) in [6, 6.07) is 22.3. The molecule has 152 valence electrons. The number of nitrogens with zero attached hydrogens (tertiary/aromatic N) is 2. The number of carbonyl (C=O) groups excluding carboxylic acids is 2. The zero-order valence-electron chi connectivity index (χ0n) is 16.7. The molecule has 0 unspecified atom stereocenters. The summed E-state index contributed by atoms with van der Waals surface area (Å²) in [6.45, 7) is 0. The van der Waals surface area contributed by atoms with Crippen LogP contribution in [0.5, 0.6) is 0 Å². The van der Waals surface area contributed by atoms with Gasteiger partial charge in [-0.3, -0.25) is 14.6 Å². The first-order chi connectivity index (χ1) is 15.1. The Morgan fingerprint density at radius 3 is 2.10 bits per heavy atom. The maximum Gasteiger partial charge on any atom is 0.240 e. The molecule has 1 aliphatic rings. The van der Waals surface area contributed by atoms with Gasteiger partial charge in [-0.05, 0) is 34.4 Å². The van der Waals surface area contributed by atoms with Gasteiger partial charge in [-0.1, -0.05) is 60.7 Å². The van der Waals surface area contributed by atoms with Crippen molar-refractivity contribution in [1.82, 2.24) is 15.3 Å². The highest BCUT2D eigenvalue weighted by Crippen LogP contribution is 2.44. The van der Waals surface area contributed by atoms with Crippen molar-refractivity contribution in [3.8, 4) is 11.1 Å². The topological polar surface area (TPSA) is 98.0 Å². The van der Waals surface area contributed by atoms with E-state index in [1.165, 1.54) is 0 Å². The van der Waals surface area contributed by atoms with Crippen LogP contribution < -0.4 is 11.1 Å². The number of benzene rings is 3. The third-order valence-corrected chi connectivity index (χ3v) is 5.67. The molecule has 0 saturated carbocycles. The molecule has 31 heavy (non-hydrogen) atoms. The van der Waals surface area contributed by atoms with E-state index < -0.39 is 17.9 Å². The summed E-state index contributed by atoms with van der Waals surface area (Å²) in [7, 11) is 0. The maximum absolute atomic E-state index is 13.3. The molecule has 0 fully saturated rings. The van der Waals surface area contributed by atoms with Crippen LogP contribution in [0.4, 0.5) is 0 Å². The van der Waals surface area contributed by atoms with Gasteiger partial charge < -0.3 is 11.1 Å². The second kappa shape index (κ2) is 7.65. The SMILES string of the molecule is NC(=O)[C@@H](Cc1cnc2ccccc2n1)NC(=O)C1c2ccccc2-c2ccccc21. The van der Waals surface area contributed by atoms with Gasteiger partial charge in [0.1, 0.15) is 6.04 Å². The molecule has 6 heteroatoms. The van der Waals surface area contributed by atoms with E-state index in [4.69, 9.17) is 5.73 Å². The lowest BCUT2D eigenvalue weighted by atomic mass is 9.95. The summed E-state index contributed by atoms with van der Waals surface area (Å²) in [4.78, 5) is 34.4. The molecule has 0 radical (unpaired) electrons. The molecule has 1 heterocycles. The second-order valence-corrected chi connectivity index (χ2v) is 7.63. The van der Waals surface area contributed by atoms with Crippen molar-refractivity contribution in [3.05, 3.63) is 95.8 Å². The van der Waals surface area contributed by atoms with E-state index in [9.17, 15) is 9.59 Å². The summed E-state index contributed by atoms with van der Waals surface area (Å²) >= 11 is 0. The number of primary amides is 1. The smallest absolute Gasteiger partial charge is 0.240 e. The lowest BCUT2D eigenvalue weighted by Gasteiger charge is -2.19. The first-order valence-electron chi connectivity index (χ1n) is 10.1. The van der Waals surface area contributed by atoms with Crippen molar-refractivity contribution in [1.29, 1.82) is 0 Å². The van der Waals surface area contributed by atoms with Crippen LogP contribution in [0.25, 0.3) is 22.2 Å². The molecule has 1 atom stereocenters. The van der Waals surface area contributed by atoms with Gasteiger partial charge in [0, 0.05) is 12.6 Å². The van der Waals surface area contributed by atoms with Crippen molar-refractivity contribution in [2.24, 2.45) is 5.73 Å². The summed E-state index contributed by atoms with van der Waals surface area (Å²) in [5.74, 6) is -1.35. The molecule has 1 aromatic heterocycles. The predicted molar refractivity (Wildman–Crippen MR) is 118 cm³/mol. The first kappa shape index (κ1) is 18.9. The van der Waals surface area contributed by atoms with Crippen LogP contribution in [0.2, 0.25) is 0 Å². The lowest BCUT2D eigenvalue weighted by molar-refractivity contribution is -0.127. The van der Waals surface area contributed by atoms with Crippen LogP contribution in [0.1, 0.15) is 22.7 Å². The number of amides is 2. The zero-order chi connectivity index (χ0) is 21.4. The highest BCUT2D eigenvalue weighted by Gasteiger charge is 2.35. The van der Waals surface area contributed by atoms with E-state index in [1.54, 1.807) is 6.20 Å². The molecule has 0 aliphatic heterocycles. The Balaban J connectivity index is 1.43. The molecule has 6 nitrogen and oxygen atoms in total. The van der Waals surface area contributed by atoms with Gasteiger partial charge in [0.15, 0.2) is 0 Å². The molecular formula is C25H20N4O2. The monoisotopic (exact) mass is 408 g/mol. The minimum atomic E-state index is -0.886. The highest BCUT2D eigenvalue weighted by molar-refractivity contribution is 5.98. The molecule has 2 amide bonds. The van der Waals surface area contributed by atoms with Crippen LogP contribution in [-0.4, -0.2) is 27.8 Å². The average Bonchev–Trinajstić information content (AvgIpc) is 3.13. The van der Waals surface area contributed by atoms with E-state index in [0.29, 0.717) is 5.69 Å². The number of aromatic nitrogens is 2. The molecule has 3 N–H and O–H groups in total. The normalized spacial score (nSPS) is 13.4. The fourth-order valence-electron chi connectivity index (χ4n) is 4.22. The van der Waals surface area contributed by atoms with Crippen LogP contribution in [0, 0.1) is 0 Å². The quantitative estimate of drug-likeness (QED) is 0.530. The van der Waals surface area contributed by atoms with E-state index in [2.05, 4.69) is 15.3 Å². The molecule has 0 saturated heterocycles. The Hall–Kier alpha value is -4.06. The van der Waals surface area contributed by atoms with Gasteiger partial charge in [-0.2, -0.15) is 0 Å². The van der Waals surface area contributed by atoms with Gasteiger partial charge in [0.2, 0.25) is 11.8 Å².